The van der Waals surface area contributed by atoms with Crippen molar-refractivity contribution in [2.24, 2.45) is 11.3 Å². The van der Waals surface area contributed by atoms with E-state index in [1.54, 1.807) is 0 Å². The first kappa shape index (κ1) is 9.30. The highest BCUT2D eigenvalue weighted by Crippen LogP contribution is 2.34. The molecule has 0 aromatic carbocycles. The van der Waals surface area contributed by atoms with E-state index in [0.717, 1.165) is 24.8 Å². The van der Waals surface area contributed by atoms with Crippen LogP contribution >= 0.6 is 0 Å². The highest BCUT2D eigenvalue weighted by molar-refractivity contribution is 5.59. The monoisotopic (exact) mass is 167 g/mol. The molecule has 0 saturated heterocycles. The van der Waals surface area contributed by atoms with Crippen molar-refractivity contribution in [2.45, 2.75) is 26.7 Å². The maximum Gasteiger partial charge on any atom is 0.128 e. The summed E-state index contributed by atoms with van der Waals surface area (Å²) in [6, 6.07) is 0. The summed E-state index contributed by atoms with van der Waals surface area (Å²) in [5.41, 5.74) is 1.33. The Morgan fingerprint density at radius 3 is 2.83 bits per heavy atom. The molecule has 0 heterocycles. The number of hydrogen-bond donors (Lipinski definition) is 1. The molecule has 0 aromatic rings. The van der Waals surface area contributed by atoms with Gasteiger partial charge in [-0.2, -0.15) is 0 Å². The number of aldehydes is 1. The van der Waals surface area contributed by atoms with Crippen molar-refractivity contribution in [2.75, 3.05) is 7.05 Å². The van der Waals surface area contributed by atoms with E-state index in [9.17, 15) is 4.79 Å². The van der Waals surface area contributed by atoms with Crippen molar-refractivity contribution >= 4 is 6.29 Å². The molecule has 12 heavy (non-hydrogen) atoms. The van der Waals surface area contributed by atoms with Crippen molar-refractivity contribution in [3.8, 4) is 0 Å². The minimum atomic E-state index is 0.100. The summed E-state index contributed by atoms with van der Waals surface area (Å²) in [5.74, 6) is 0.100. The van der Waals surface area contributed by atoms with E-state index in [1.165, 1.54) is 0 Å². The van der Waals surface area contributed by atoms with E-state index in [2.05, 4.69) is 25.2 Å². The van der Waals surface area contributed by atoms with E-state index < -0.39 is 0 Å². The maximum atomic E-state index is 10.7. The van der Waals surface area contributed by atoms with E-state index in [-0.39, 0.29) is 11.3 Å². The van der Waals surface area contributed by atoms with Gasteiger partial charge < -0.3 is 10.1 Å². The molecule has 1 aliphatic rings. The number of carbonyl (C=O) groups excluding carboxylic acids is 1. The van der Waals surface area contributed by atoms with Gasteiger partial charge >= 0.3 is 0 Å². The van der Waals surface area contributed by atoms with Gasteiger partial charge in [-0.15, -0.1) is 0 Å². The Morgan fingerprint density at radius 1 is 1.67 bits per heavy atom. The van der Waals surface area contributed by atoms with E-state index in [1.807, 2.05) is 7.05 Å². The molecule has 0 amide bonds. The zero-order chi connectivity index (χ0) is 9.19. The van der Waals surface area contributed by atoms with Gasteiger partial charge in [0.2, 0.25) is 0 Å². The number of nitrogens with one attached hydrogen (secondary N) is 1. The second-order valence-electron chi connectivity index (χ2n) is 4.12. The van der Waals surface area contributed by atoms with Crippen LogP contribution in [0.3, 0.4) is 0 Å². The van der Waals surface area contributed by atoms with Gasteiger partial charge in [-0.05, 0) is 18.3 Å². The lowest BCUT2D eigenvalue weighted by atomic mass is 9.77. The van der Waals surface area contributed by atoms with Gasteiger partial charge in [-0.3, -0.25) is 0 Å². The first-order valence-electron chi connectivity index (χ1n) is 4.45. The van der Waals surface area contributed by atoms with Crippen molar-refractivity contribution < 1.29 is 4.79 Å². The summed E-state index contributed by atoms with van der Waals surface area (Å²) in [5, 5.41) is 3.09. The second kappa shape index (κ2) is 3.30. The lowest BCUT2D eigenvalue weighted by Gasteiger charge is -2.30. The topological polar surface area (TPSA) is 29.1 Å². The summed E-state index contributed by atoms with van der Waals surface area (Å²) in [4.78, 5) is 10.7. The Bertz CT molecular complexity index is 206. The Morgan fingerprint density at radius 2 is 2.33 bits per heavy atom. The quantitative estimate of drug-likeness (QED) is 0.634. The summed E-state index contributed by atoms with van der Waals surface area (Å²) >= 11 is 0. The third-order valence-corrected chi connectivity index (χ3v) is 2.50. The molecule has 0 aliphatic heterocycles. The molecular weight excluding hydrogens is 150 g/mol. The summed E-state index contributed by atoms with van der Waals surface area (Å²) < 4.78 is 0. The number of carbonyl (C=O) groups is 1. The summed E-state index contributed by atoms with van der Waals surface area (Å²) in [6.45, 7) is 4.40. The summed E-state index contributed by atoms with van der Waals surface area (Å²) in [7, 11) is 1.88. The van der Waals surface area contributed by atoms with Gasteiger partial charge in [-0.25, -0.2) is 0 Å². The van der Waals surface area contributed by atoms with Crippen LogP contribution in [0.2, 0.25) is 0 Å². The molecule has 0 spiro atoms. The molecule has 0 bridgehead atoms. The molecule has 0 radical (unpaired) electrons. The van der Waals surface area contributed by atoms with Crippen LogP contribution in [0.4, 0.5) is 0 Å². The molecule has 2 heteroatoms. The van der Waals surface area contributed by atoms with Crippen LogP contribution < -0.4 is 5.32 Å². The fourth-order valence-electron chi connectivity index (χ4n) is 1.68. The molecule has 0 saturated carbocycles. The Labute approximate surface area is 74.0 Å². The lowest BCUT2D eigenvalue weighted by Crippen LogP contribution is -2.27. The third kappa shape index (κ3) is 1.87. The van der Waals surface area contributed by atoms with Gasteiger partial charge in [0.1, 0.15) is 6.29 Å². The first-order chi connectivity index (χ1) is 5.59. The SMILES string of the molecule is CNC1=CC(C)(C)CCC1C=O. The molecule has 1 N–H and O–H groups in total. The van der Waals surface area contributed by atoms with Crippen LogP contribution in [0.25, 0.3) is 0 Å². The summed E-state index contributed by atoms with van der Waals surface area (Å²) in [6.07, 6.45) is 5.29. The second-order valence-corrected chi connectivity index (χ2v) is 4.12. The van der Waals surface area contributed by atoms with E-state index >= 15 is 0 Å². The van der Waals surface area contributed by atoms with Gasteiger partial charge in [0.05, 0.1) is 5.92 Å². The van der Waals surface area contributed by atoms with Crippen LogP contribution in [0, 0.1) is 11.3 Å². The normalized spacial score (nSPS) is 27.6. The lowest BCUT2D eigenvalue weighted by molar-refractivity contribution is -0.110. The third-order valence-electron chi connectivity index (χ3n) is 2.50. The Hall–Kier alpha value is -0.790. The fraction of sp³-hybridized carbons (Fsp3) is 0.700. The van der Waals surface area contributed by atoms with E-state index in [4.69, 9.17) is 0 Å². The predicted molar refractivity (Wildman–Crippen MR) is 49.7 cm³/mol. The highest BCUT2D eigenvalue weighted by atomic mass is 16.1. The fourth-order valence-corrected chi connectivity index (χ4v) is 1.68. The Balaban J connectivity index is 2.83. The predicted octanol–water partition coefficient (Wildman–Crippen LogP) is 1.72. The highest BCUT2D eigenvalue weighted by Gasteiger charge is 2.26. The van der Waals surface area contributed by atoms with Gasteiger partial charge in [0, 0.05) is 12.7 Å². The van der Waals surface area contributed by atoms with Gasteiger partial charge in [0.15, 0.2) is 0 Å². The molecule has 1 atom stereocenters. The molecule has 68 valence electrons. The minimum Gasteiger partial charge on any atom is -0.391 e. The standard InChI is InChI=1S/C10H17NO/c1-10(2)5-4-8(7-12)9(6-10)11-3/h6-8,11H,4-5H2,1-3H3. The zero-order valence-electron chi connectivity index (χ0n) is 8.05. The van der Waals surface area contributed by atoms with E-state index in [0.29, 0.717) is 0 Å². The number of rotatable bonds is 2. The van der Waals surface area contributed by atoms with Crippen LogP contribution in [0.5, 0.6) is 0 Å². The van der Waals surface area contributed by atoms with Crippen molar-refractivity contribution in [3.63, 3.8) is 0 Å². The first-order valence-corrected chi connectivity index (χ1v) is 4.45. The van der Waals surface area contributed by atoms with Gasteiger partial charge in [0.25, 0.3) is 0 Å². The minimum absolute atomic E-state index is 0.100. The molecular formula is C10H17NO. The largest absolute Gasteiger partial charge is 0.391 e. The van der Waals surface area contributed by atoms with Crippen molar-refractivity contribution in [1.29, 1.82) is 0 Å². The number of allylic oxidation sites excluding steroid dienone is 2. The van der Waals surface area contributed by atoms with Crippen molar-refractivity contribution in [1.82, 2.24) is 5.32 Å². The molecule has 0 fully saturated rings. The Kier molecular flexibility index (Phi) is 2.55. The smallest absolute Gasteiger partial charge is 0.128 e. The molecule has 0 aromatic heterocycles. The van der Waals surface area contributed by atoms with Crippen LogP contribution in [0.1, 0.15) is 26.7 Å². The zero-order valence-corrected chi connectivity index (χ0v) is 8.05. The molecule has 1 unspecified atom stereocenters. The number of hydrogen-bond acceptors (Lipinski definition) is 2. The van der Waals surface area contributed by atoms with Crippen LogP contribution in [-0.4, -0.2) is 13.3 Å². The molecule has 2 nitrogen and oxygen atoms in total. The molecule has 1 rings (SSSR count). The van der Waals surface area contributed by atoms with Crippen LogP contribution in [-0.2, 0) is 4.79 Å². The molecule has 1 aliphatic carbocycles. The average Bonchev–Trinajstić information content (AvgIpc) is 2.03. The average molecular weight is 167 g/mol. The van der Waals surface area contributed by atoms with Crippen LogP contribution in [0.15, 0.2) is 11.8 Å². The van der Waals surface area contributed by atoms with Crippen molar-refractivity contribution in [3.05, 3.63) is 11.8 Å². The maximum absolute atomic E-state index is 10.7. The van der Waals surface area contributed by atoms with Gasteiger partial charge in [-0.1, -0.05) is 19.9 Å².